The first-order valence-corrected chi connectivity index (χ1v) is 9.04. The summed E-state index contributed by atoms with van der Waals surface area (Å²) in [5.41, 5.74) is 0.118. The predicted octanol–water partition coefficient (Wildman–Crippen LogP) is 1.98. The summed E-state index contributed by atoms with van der Waals surface area (Å²) in [6.07, 6.45) is 1.28. The van der Waals surface area contributed by atoms with Gasteiger partial charge in [0.1, 0.15) is 5.60 Å². The molecule has 0 saturated carbocycles. The van der Waals surface area contributed by atoms with Crippen molar-refractivity contribution in [3.63, 3.8) is 0 Å². The lowest BCUT2D eigenvalue weighted by molar-refractivity contribution is -0.160. The topological polar surface area (TPSA) is 79.9 Å². The quantitative estimate of drug-likeness (QED) is 0.802. The minimum absolute atomic E-state index is 0.0235. The van der Waals surface area contributed by atoms with Crippen LogP contribution >= 0.6 is 0 Å². The van der Waals surface area contributed by atoms with Crippen molar-refractivity contribution in [2.45, 2.75) is 57.3 Å². The highest BCUT2D eigenvalue weighted by molar-refractivity contribution is 5.85. The van der Waals surface area contributed by atoms with Crippen LogP contribution in [0.3, 0.4) is 0 Å². The van der Waals surface area contributed by atoms with Crippen LogP contribution < -0.4 is 10.6 Å². The predicted molar refractivity (Wildman–Crippen MR) is 96.1 cm³/mol. The van der Waals surface area contributed by atoms with Crippen molar-refractivity contribution >= 4 is 12.1 Å². The summed E-state index contributed by atoms with van der Waals surface area (Å²) in [5.74, 6) is 0.0235. The number of carbonyl (C=O) groups is 2. The maximum absolute atomic E-state index is 12.4. The molecule has 1 aromatic carbocycles. The summed E-state index contributed by atoms with van der Waals surface area (Å²) in [6.45, 7) is 6.45. The second-order valence-electron chi connectivity index (χ2n) is 7.94. The van der Waals surface area contributed by atoms with Crippen LogP contribution in [-0.4, -0.2) is 47.5 Å². The molecule has 7 nitrogen and oxygen atoms in total. The number of rotatable bonds is 3. The molecule has 0 aromatic heterocycles. The molecule has 2 heterocycles. The SMILES string of the molecule is CC(C)(C)OC(=O)ON1CCC2(CC1)NC(=O)[C@H](Cc1ccccc1)N2. The summed E-state index contributed by atoms with van der Waals surface area (Å²) in [4.78, 5) is 29.4. The third kappa shape index (κ3) is 4.74. The van der Waals surface area contributed by atoms with Crippen molar-refractivity contribution in [2.24, 2.45) is 0 Å². The Labute approximate surface area is 154 Å². The number of ether oxygens (including phenoxy) is 1. The highest BCUT2D eigenvalue weighted by atomic mass is 16.8. The molecule has 26 heavy (non-hydrogen) atoms. The maximum Gasteiger partial charge on any atom is 0.528 e. The summed E-state index contributed by atoms with van der Waals surface area (Å²) in [6, 6.07) is 9.73. The number of hydroxylamine groups is 2. The molecule has 1 atom stereocenters. The van der Waals surface area contributed by atoms with Gasteiger partial charge in [-0.15, -0.1) is 5.06 Å². The van der Waals surface area contributed by atoms with Crippen molar-refractivity contribution in [2.75, 3.05) is 13.1 Å². The van der Waals surface area contributed by atoms with E-state index in [4.69, 9.17) is 9.57 Å². The smallest absolute Gasteiger partial charge is 0.427 e. The average molecular weight is 361 g/mol. The fourth-order valence-corrected chi connectivity index (χ4v) is 3.35. The van der Waals surface area contributed by atoms with E-state index in [-0.39, 0.29) is 11.9 Å². The Morgan fingerprint density at radius 1 is 1.23 bits per heavy atom. The minimum Gasteiger partial charge on any atom is -0.427 e. The van der Waals surface area contributed by atoms with E-state index in [0.29, 0.717) is 32.4 Å². The first-order chi connectivity index (χ1) is 12.2. The molecule has 1 aromatic rings. The molecule has 2 saturated heterocycles. The number of benzene rings is 1. The van der Waals surface area contributed by atoms with Crippen LogP contribution in [0.5, 0.6) is 0 Å². The number of hydrogen-bond acceptors (Lipinski definition) is 6. The lowest BCUT2D eigenvalue weighted by Gasteiger charge is -2.38. The Hall–Kier alpha value is -2.12. The molecule has 0 bridgehead atoms. The maximum atomic E-state index is 12.4. The van der Waals surface area contributed by atoms with E-state index < -0.39 is 17.4 Å². The highest BCUT2D eigenvalue weighted by Gasteiger charge is 2.45. The van der Waals surface area contributed by atoms with Gasteiger partial charge >= 0.3 is 6.16 Å². The van der Waals surface area contributed by atoms with E-state index in [1.165, 1.54) is 0 Å². The summed E-state index contributed by atoms with van der Waals surface area (Å²) in [5, 5.41) is 8.16. The van der Waals surface area contributed by atoms with Crippen molar-refractivity contribution in [1.82, 2.24) is 15.7 Å². The molecule has 142 valence electrons. The van der Waals surface area contributed by atoms with Gasteiger partial charge in [-0.1, -0.05) is 30.3 Å². The molecule has 0 radical (unpaired) electrons. The van der Waals surface area contributed by atoms with Crippen molar-refractivity contribution in [1.29, 1.82) is 0 Å². The van der Waals surface area contributed by atoms with Gasteiger partial charge in [-0.25, -0.2) is 4.79 Å². The Kier molecular flexibility index (Phi) is 5.20. The second kappa shape index (κ2) is 7.25. The molecular weight excluding hydrogens is 334 g/mol. The molecule has 1 amide bonds. The standard InChI is InChI=1S/C19H27N3O4/c1-18(2,3)25-17(24)26-22-11-9-19(10-12-22)20-15(16(23)21-19)13-14-7-5-4-6-8-14/h4-8,15,20H,9-13H2,1-3H3,(H,21,23)/t15-/m0/s1. The van der Waals surface area contributed by atoms with Gasteiger partial charge in [0.25, 0.3) is 0 Å². The highest BCUT2D eigenvalue weighted by Crippen LogP contribution is 2.26. The van der Waals surface area contributed by atoms with E-state index in [0.717, 1.165) is 5.56 Å². The van der Waals surface area contributed by atoms with E-state index in [1.54, 1.807) is 25.8 Å². The average Bonchev–Trinajstić information content (AvgIpc) is 2.85. The molecule has 0 unspecified atom stereocenters. The zero-order valence-electron chi connectivity index (χ0n) is 15.6. The number of amides is 1. The van der Waals surface area contributed by atoms with Crippen molar-refractivity contribution in [3.8, 4) is 0 Å². The zero-order valence-corrected chi connectivity index (χ0v) is 15.6. The molecule has 1 spiro atoms. The summed E-state index contributed by atoms with van der Waals surface area (Å²) >= 11 is 0. The lowest BCUT2D eigenvalue weighted by Crippen LogP contribution is -2.57. The Morgan fingerprint density at radius 3 is 2.50 bits per heavy atom. The van der Waals surface area contributed by atoms with Gasteiger partial charge < -0.3 is 14.9 Å². The van der Waals surface area contributed by atoms with Crippen LogP contribution in [0.2, 0.25) is 0 Å². The van der Waals surface area contributed by atoms with Gasteiger partial charge in [-0.05, 0) is 45.6 Å². The Bertz CT molecular complexity index is 648. The molecule has 7 heteroatoms. The van der Waals surface area contributed by atoms with Crippen molar-refractivity contribution < 1.29 is 19.2 Å². The monoisotopic (exact) mass is 361 g/mol. The number of piperidine rings is 1. The van der Waals surface area contributed by atoms with Gasteiger partial charge in [0, 0.05) is 13.1 Å². The van der Waals surface area contributed by atoms with Crippen LogP contribution in [0, 0.1) is 0 Å². The Morgan fingerprint density at radius 2 is 1.88 bits per heavy atom. The molecule has 2 aliphatic heterocycles. The van der Waals surface area contributed by atoms with Gasteiger partial charge in [-0.2, -0.15) is 0 Å². The van der Waals surface area contributed by atoms with E-state index in [1.807, 2.05) is 30.3 Å². The molecule has 2 fully saturated rings. The van der Waals surface area contributed by atoms with Crippen molar-refractivity contribution in [3.05, 3.63) is 35.9 Å². The third-order valence-electron chi connectivity index (χ3n) is 4.58. The zero-order chi connectivity index (χ0) is 18.8. The third-order valence-corrected chi connectivity index (χ3v) is 4.58. The number of hydrogen-bond donors (Lipinski definition) is 2. The van der Waals surface area contributed by atoms with Gasteiger partial charge in [-0.3, -0.25) is 10.1 Å². The van der Waals surface area contributed by atoms with E-state index in [9.17, 15) is 9.59 Å². The molecular formula is C19H27N3O4. The second-order valence-corrected chi connectivity index (χ2v) is 7.94. The lowest BCUT2D eigenvalue weighted by atomic mass is 9.98. The Balaban J connectivity index is 1.51. The largest absolute Gasteiger partial charge is 0.528 e. The normalized spacial score (nSPS) is 22.9. The van der Waals surface area contributed by atoms with Crippen LogP contribution in [0.25, 0.3) is 0 Å². The summed E-state index contributed by atoms with van der Waals surface area (Å²) < 4.78 is 5.17. The molecule has 0 aliphatic carbocycles. The van der Waals surface area contributed by atoms with E-state index in [2.05, 4.69) is 10.6 Å². The fourth-order valence-electron chi connectivity index (χ4n) is 3.35. The number of nitrogens with one attached hydrogen (secondary N) is 2. The van der Waals surface area contributed by atoms with Gasteiger partial charge in [0.2, 0.25) is 5.91 Å². The van der Waals surface area contributed by atoms with Gasteiger partial charge in [0.15, 0.2) is 0 Å². The number of carbonyl (C=O) groups excluding carboxylic acids is 2. The number of nitrogens with zero attached hydrogens (tertiary/aromatic N) is 1. The molecule has 2 N–H and O–H groups in total. The van der Waals surface area contributed by atoms with Gasteiger partial charge in [0.05, 0.1) is 11.7 Å². The van der Waals surface area contributed by atoms with E-state index >= 15 is 0 Å². The minimum atomic E-state index is -0.696. The first-order valence-electron chi connectivity index (χ1n) is 9.04. The fraction of sp³-hybridized carbons (Fsp3) is 0.579. The first kappa shape index (κ1) is 18.7. The van der Waals surface area contributed by atoms with Crippen LogP contribution in [0.1, 0.15) is 39.2 Å². The van der Waals surface area contributed by atoms with Crippen LogP contribution in [-0.2, 0) is 20.8 Å². The summed E-state index contributed by atoms with van der Waals surface area (Å²) in [7, 11) is 0. The van der Waals surface area contributed by atoms with Crippen LogP contribution in [0.15, 0.2) is 30.3 Å². The molecule has 3 rings (SSSR count). The molecule has 2 aliphatic rings. The van der Waals surface area contributed by atoms with Crippen LogP contribution in [0.4, 0.5) is 4.79 Å².